The minimum absolute atomic E-state index is 0.445. The summed E-state index contributed by atoms with van der Waals surface area (Å²) in [5.41, 5.74) is 1.38. The largest absolute Gasteiger partial charge is 0.497 e. The second-order valence-corrected chi connectivity index (χ2v) is 5.57. The smallest absolute Gasteiger partial charge is 0.336 e. The van der Waals surface area contributed by atoms with Crippen molar-refractivity contribution in [3.8, 4) is 17.1 Å². The van der Waals surface area contributed by atoms with Crippen molar-refractivity contribution in [1.82, 2.24) is 0 Å². The highest BCUT2D eigenvalue weighted by atomic mass is 35.5. The normalized spacial score (nSPS) is 11.2. The molecular formula is C18H11ClO4. The van der Waals surface area contributed by atoms with Gasteiger partial charge in [0.05, 0.1) is 7.11 Å². The van der Waals surface area contributed by atoms with Gasteiger partial charge in [0.25, 0.3) is 0 Å². The fourth-order valence-corrected chi connectivity index (χ4v) is 2.80. The molecule has 5 heteroatoms. The van der Waals surface area contributed by atoms with Crippen molar-refractivity contribution in [2.45, 2.75) is 0 Å². The first-order chi connectivity index (χ1) is 11.1. The Balaban J connectivity index is 2.01. The van der Waals surface area contributed by atoms with Gasteiger partial charge in [0, 0.05) is 33.5 Å². The molecule has 4 nitrogen and oxygen atoms in total. The molecule has 2 aromatic heterocycles. The molecule has 4 aromatic rings. The van der Waals surface area contributed by atoms with Gasteiger partial charge in [0.1, 0.15) is 22.7 Å². The molecule has 0 spiro atoms. The van der Waals surface area contributed by atoms with Gasteiger partial charge in [-0.2, -0.15) is 0 Å². The summed E-state index contributed by atoms with van der Waals surface area (Å²) in [6.45, 7) is 0. The molecule has 0 amide bonds. The lowest BCUT2D eigenvalue weighted by atomic mass is 10.1. The van der Waals surface area contributed by atoms with E-state index < -0.39 is 5.63 Å². The number of methoxy groups -OCH3 is 1. The van der Waals surface area contributed by atoms with Gasteiger partial charge < -0.3 is 13.6 Å². The molecule has 0 fully saturated rings. The van der Waals surface area contributed by atoms with Gasteiger partial charge in [0.2, 0.25) is 0 Å². The molecular weight excluding hydrogens is 316 g/mol. The van der Waals surface area contributed by atoms with Crippen molar-refractivity contribution in [3.63, 3.8) is 0 Å². The van der Waals surface area contributed by atoms with Crippen LogP contribution in [0.25, 0.3) is 33.3 Å². The predicted molar refractivity (Wildman–Crippen MR) is 89.3 cm³/mol. The third-order valence-electron chi connectivity index (χ3n) is 3.70. The Morgan fingerprint density at radius 3 is 2.65 bits per heavy atom. The van der Waals surface area contributed by atoms with E-state index in [1.165, 1.54) is 6.07 Å². The summed E-state index contributed by atoms with van der Waals surface area (Å²) in [6.07, 6.45) is 0. The molecule has 0 aliphatic rings. The molecule has 0 saturated heterocycles. The zero-order chi connectivity index (χ0) is 16.0. The van der Waals surface area contributed by atoms with Crippen LogP contribution in [0.1, 0.15) is 0 Å². The van der Waals surface area contributed by atoms with Crippen LogP contribution in [0.4, 0.5) is 0 Å². The number of hydrogen-bond donors (Lipinski definition) is 0. The Morgan fingerprint density at radius 2 is 1.83 bits per heavy atom. The quantitative estimate of drug-likeness (QED) is 0.493. The first-order valence-electron chi connectivity index (χ1n) is 6.95. The van der Waals surface area contributed by atoms with Gasteiger partial charge >= 0.3 is 5.63 Å². The highest BCUT2D eigenvalue weighted by Gasteiger charge is 2.13. The van der Waals surface area contributed by atoms with Crippen LogP contribution < -0.4 is 10.4 Å². The minimum Gasteiger partial charge on any atom is -0.497 e. The number of halogens is 1. The topological polar surface area (TPSA) is 52.6 Å². The van der Waals surface area contributed by atoms with Crippen LogP contribution in [0.5, 0.6) is 5.75 Å². The number of rotatable bonds is 2. The third kappa shape index (κ3) is 2.37. The maximum absolute atomic E-state index is 11.9. The van der Waals surface area contributed by atoms with Crippen molar-refractivity contribution in [2.24, 2.45) is 0 Å². The van der Waals surface area contributed by atoms with Crippen LogP contribution in [-0.2, 0) is 0 Å². The number of furan rings is 1. The molecule has 0 saturated carbocycles. The molecule has 2 aromatic carbocycles. The van der Waals surface area contributed by atoms with Crippen LogP contribution in [0.3, 0.4) is 0 Å². The highest BCUT2D eigenvalue weighted by molar-refractivity contribution is 6.31. The van der Waals surface area contributed by atoms with Crippen LogP contribution >= 0.6 is 11.6 Å². The van der Waals surface area contributed by atoms with Gasteiger partial charge in [-0.25, -0.2) is 4.79 Å². The Hall–Kier alpha value is -2.72. The Kier molecular flexibility index (Phi) is 3.13. The van der Waals surface area contributed by atoms with E-state index in [1.54, 1.807) is 25.3 Å². The molecule has 4 rings (SSSR count). The van der Waals surface area contributed by atoms with Crippen molar-refractivity contribution < 1.29 is 13.6 Å². The molecule has 2 heterocycles. The van der Waals surface area contributed by atoms with E-state index in [2.05, 4.69) is 0 Å². The van der Waals surface area contributed by atoms with Crippen LogP contribution in [0.15, 0.2) is 62.2 Å². The molecule has 0 unspecified atom stereocenters. The molecule has 0 N–H and O–H groups in total. The van der Waals surface area contributed by atoms with E-state index in [4.69, 9.17) is 25.2 Å². The lowest BCUT2D eigenvalue weighted by molar-refractivity contribution is 0.414. The van der Waals surface area contributed by atoms with Gasteiger partial charge in [-0.1, -0.05) is 11.6 Å². The monoisotopic (exact) mass is 326 g/mol. The average Bonchev–Trinajstić information content (AvgIpc) is 2.96. The highest BCUT2D eigenvalue weighted by Crippen LogP contribution is 2.34. The standard InChI is InChI=1S/C18H11ClO4/c1-21-12-3-4-13-14(9-18(20)23-17(13)8-12)16-7-10-6-11(19)2-5-15(10)22-16/h2-9H,1H3. The average molecular weight is 327 g/mol. The number of hydrogen-bond acceptors (Lipinski definition) is 4. The summed E-state index contributed by atoms with van der Waals surface area (Å²) < 4.78 is 16.3. The number of ether oxygens (including phenoxy) is 1. The minimum atomic E-state index is -0.445. The van der Waals surface area contributed by atoms with Gasteiger partial charge in [0.15, 0.2) is 0 Å². The fraction of sp³-hybridized carbons (Fsp3) is 0.0556. The van der Waals surface area contributed by atoms with E-state index >= 15 is 0 Å². The Morgan fingerprint density at radius 1 is 0.957 bits per heavy atom. The van der Waals surface area contributed by atoms with E-state index in [1.807, 2.05) is 24.3 Å². The van der Waals surface area contributed by atoms with Crippen LogP contribution in [0, 0.1) is 0 Å². The van der Waals surface area contributed by atoms with E-state index in [0.717, 1.165) is 10.8 Å². The summed E-state index contributed by atoms with van der Waals surface area (Å²) in [6, 6.07) is 14.0. The maximum atomic E-state index is 11.9. The maximum Gasteiger partial charge on any atom is 0.336 e. The predicted octanol–water partition coefficient (Wildman–Crippen LogP) is 4.87. The lowest BCUT2D eigenvalue weighted by Crippen LogP contribution is -1.98. The molecule has 23 heavy (non-hydrogen) atoms. The fourth-order valence-electron chi connectivity index (χ4n) is 2.62. The molecule has 0 aliphatic heterocycles. The molecule has 114 valence electrons. The van der Waals surface area contributed by atoms with Crippen molar-refractivity contribution in [3.05, 3.63) is 64.0 Å². The molecule has 0 radical (unpaired) electrons. The number of fused-ring (bicyclic) bond motifs is 2. The van der Waals surface area contributed by atoms with E-state index in [-0.39, 0.29) is 0 Å². The lowest BCUT2D eigenvalue weighted by Gasteiger charge is -2.04. The Bertz CT molecular complexity index is 1090. The first kappa shape index (κ1) is 13.9. The molecule has 0 bridgehead atoms. The zero-order valence-electron chi connectivity index (χ0n) is 12.1. The van der Waals surface area contributed by atoms with Gasteiger partial charge in [-0.15, -0.1) is 0 Å². The summed E-state index contributed by atoms with van der Waals surface area (Å²) >= 11 is 6.01. The summed E-state index contributed by atoms with van der Waals surface area (Å²) in [5, 5.41) is 2.28. The van der Waals surface area contributed by atoms with Crippen LogP contribution in [-0.4, -0.2) is 7.11 Å². The van der Waals surface area contributed by atoms with Crippen molar-refractivity contribution in [2.75, 3.05) is 7.11 Å². The van der Waals surface area contributed by atoms with E-state index in [0.29, 0.717) is 33.3 Å². The summed E-state index contributed by atoms with van der Waals surface area (Å²) in [7, 11) is 1.56. The second-order valence-electron chi connectivity index (χ2n) is 5.13. The summed E-state index contributed by atoms with van der Waals surface area (Å²) in [4.78, 5) is 11.9. The molecule has 0 atom stereocenters. The SMILES string of the molecule is COc1ccc2c(-c3cc4cc(Cl)ccc4o3)cc(=O)oc2c1. The molecule has 0 aliphatic carbocycles. The van der Waals surface area contributed by atoms with Crippen molar-refractivity contribution in [1.29, 1.82) is 0 Å². The third-order valence-corrected chi connectivity index (χ3v) is 3.93. The second kappa shape index (κ2) is 5.18. The van der Waals surface area contributed by atoms with Gasteiger partial charge in [-0.3, -0.25) is 0 Å². The van der Waals surface area contributed by atoms with Crippen molar-refractivity contribution >= 4 is 33.5 Å². The van der Waals surface area contributed by atoms with E-state index in [9.17, 15) is 4.79 Å². The zero-order valence-corrected chi connectivity index (χ0v) is 12.9. The number of benzene rings is 2. The summed E-state index contributed by atoms with van der Waals surface area (Å²) in [5.74, 6) is 1.21. The van der Waals surface area contributed by atoms with Crippen LogP contribution in [0.2, 0.25) is 5.02 Å². The Labute approximate surface area is 135 Å². The van der Waals surface area contributed by atoms with Gasteiger partial charge in [-0.05, 0) is 36.4 Å². The first-order valence-corrected chi connectivity index (χ1v) is 7.33.